The van der Waals surface area contributed by atoms with E-state index in [0.29, 0.717) is 0 Å². The molecule has 1 fully saturated rings. The Morgan fingerprint density at radius 1 is 1.47 bits per heavy atom. The zero-order valence-corrected chi connectivity index (χ0v) is 10.7. The first-order valence-electron chi connectivity index (χ1n) is 6.31. The minimum absolute atomic E-state index is 0.138. The molecule has 17 heavy (non-hydrogen) atoms. The molecule has 1 heterocycles. The summed E-state index contributed by atoms with van der Waals surface area (Å²) in [4.78, 5) is 2.46. The van der Waals surface area contributed by atoms with Crippen molar-refractivity contribution in [1.82, 2.24) is 10.2 Å². The van der Waals surface area contributed by atoms with Crippen LogP contribution in [0.4, 0.5) is 4.39 Å². The van der Waals surface area contributed by atoms with E-state index in [4.69, 9.17) is 0 Å². The van der Waals surface area contributed by atoms with Gasteiger partial charge in [0.2, 0.25) is 0 Å². The molecule has 0 aliphatic carbocycles. The van der Waals surface area contributed by atoms with Gasteiger partial charge in [-0.25, -0.2) is 4.39 Å². The smallest absolute Gasteiger partial charge is 0.123 e. The highest BCUT2D eigenvalue weighted by atomic mass is 19.1. The molecule has 0 bridgehead atoms. The lowest BCUT2D eigenvalue weighted by Gasteiger charge is -2.17. The van der Waals surface area contributed by atoms with Gasteiger partial charge in [0.1, 0.15) is 5.82 Å². The highest BCUT2D eigenvalue weighted by Gasteiger charge is 2.21. The lowest BCUT2D eigenvalue weighted by molar-refractivity contribution is 0.314. The molecule has 2 rings (SSSR count). The van der Waals surface area contributed by atoms with Crippen molar-refractivity contribution in [3.63, 3.8) is 0 Å². The number of hydrogen-bond acceptors (Lipinski definition) is 2. The number of likely N-dealkylation sites (tertiary alicyclic amines) is 1. The van der Waals surface area contributed by atoms with Crippen molar-refractivity contribution in [1.29, 1.82) is 0 Å². The first-order chi connectivity index (χ1) is 8.19. The highest BCUT2D eigenvalue weighted by molar-refractivity contribution is 5.26. The molecule has 94 valence electrons. The molecular formula is C14H21FN2. The van der Waals surface area contributed by atoms with Crippen LogP contribution in [0.5, 0.6) is 0 Å². The Balaban J connectivity index is 1.93. The van der Waals surface area contributed by atoms with Crippen molar-refractivity contribution in [2.45, 2.75) is 19.9 Å². The van der Waals surface area contributed by atoms with Gasteiger partial charge in [-0.1, -0.05) is 6.07 Å². The van der Waals surface area contributed by atoms with Crippen molar-refractivity contribution < 1.29 is 4.39 Å². The molecule has 0 saturated carbocycles. The second kappa shape index (κ2) is 5.61. The lowest BCUT2D eigenvalue weighted by atomic mass is 10.1. The van der Waals surface area contributed by atoms with E-state index in [0.717, 1.165) is 37.7 Å². The molecule has 1 aliphatic rings. The first kappa shape index (κ1) is 12.5. The molecule has 1 aromatic carbocycles. The van der Waals surface area contributed by atoms with Crippen LogP contribution in [-0.2, 0) is 6.54 Å². The van der Waals surface area contributed by atoms with Gasteiger partial charge in [-0.05, 0) is 62.7 Å². The Bertz CT molecular complexity index is 378. The van der Waals surface area contributed by atoms with Gasteiger partial charge >= 0.3 is 0 Å². The number of halogens is 1. The van der Waals surface area contributed by atoms with E-state index in [2.05, 4.69) is 10.2 Å². The van der Waals surface area contributed by atoms with E-state index in [-0.39, 0.29) is 5.82 Å². The molecule has 0 aromatic heterocycles. The van der Waals surface area contributed by atoms with E-state index in [9.17, 15) is 4.39 Å². The normalized spacial score (nSPS) is 21.0. The second-order valence-electron chi connectivity index (χ2n) is 5.02. The molecule has 0 spiro atoms. The van der Waals surface area contributed by atoms with E-state index in [1.807, 2.05) is 20.0 Å². The van der Waals surface area contributed by atoms with Crippen molar-refractivity contribution in [2.75, 3.05) is 26.7 Å². The first-order valence-corrected chi connectivity index (χ1v) is 6.31. The third-order valence-corrected chi connectivity index (χ3v) is 3.56. The Morgan fingerprint density at radius 2 is 2.29 bits per heavy atom. The van der Waals surface area contributed by atoms with Crippen molar-refractivity contribution in [2.24, 2.45) is 5.92 Å². The average molecular weight is 236 g/mol. The topological polar surface area (TPSA) is 15.3 Å². The molecule has 1 N–H and O–H groups in total. The van der Waals surface area contributed by atoms with Crippen LogP contribution in [0.1, 0.15) is 17.5 Å². The van der Waals surface area contributed by atoms with Gasteiger partial charge in [-0.15, -0.1) is 0 Å². The summed E-state index contributed by atoms with van der Waals surface area (Å²) in [6.07, 6.45) is 1.26. The maximum Gasteiger partial charge on any atom is 0.123 e. The fourth-order valence-corrected chi connectivity index (χ4v) is 2.59. The van der Waals surface area contributed by atoms with Crippen LogP contribution in [0.2, 0.25) is 0 Å². The van der Waals surface area contributed by atoms with Crippen LogP contribution < -0.4 is 5.32 Å². The monoisotopic (exact) mass is 236 g/mol. The van der Waals surface area contributed by atoms with Gasteiger partial charge in [-0.2, -0.15) is 0 Å². The number of rotatable bonds is 4. The molecule has 1 aliphatic heterocycles. The molecule has 1 unspecified atom stereocenters. The molecule has 3 heteroatoms. The molecular weight excluding hydrogens is 215 g/mol. The van der Waals surface area contributed by atoms with Crippen LogP contribution in [0.25, 0.3) is 0 Å². The van der Waals surface area contributed by atoms with Gasteiger partial charge in [0.05, 0.1) is 0 Å². The standard InChI is InChI=1S/C14H21FN2/c1-11-7-14(15)4-3-13(11)10-17-6-5-12(9-17)8-16-2/h3-4,7,12,16H,5-6,8-10H2,1-2H3. The Hall–Kier alpha value is -0.930. The molecule has 1 aromatic rings. The predicted molar refractivity (Wildman–Crippen MR) is 68.4 cm³/mol. The largest absolute Gasteiger partial charge is 0.319 e. The maximum atomic E-state index is 13.0. The molecule has 2 nitrogen and oxygen atoms in total. The molecule has 0 amide bonds. The summed E-state index contributed by atoms with van der Waals surface area (Å²) in [7, 11) is 2.01. The highest BCUT2D eigenvalue weighted by Crippen LogP contribution is 2.20. The van der Waals surface area contributed by atoms with E-state index >= 15 is 0 Å². The second-order valence-corrected chi connectivity index (χ2v) is 5.02. The van der Waals surface area contributed by atoms with Gasteiger partial charge in [0.25, 0.3) is 0 Å². The van der Waals surface area contributed by atoms with Gasteiger partial charge in [0.15, 0.2) is 0 Å². The summed E-state index contributed by atoms with van der Waals surface area (Å²) in [5.74, 6) is 0.626. The quantitative estimate of drug-likeness (QED) is 0.862. The van der Waals surface area contributed by atoms with Gasteiger partial charge < -0.3 is 5.32 Å². The third-order valence-electron chi connectivity index (χ3n) is 3.56. The zero-order chi connectivity index (χ0) is 12.3. The molecule has 1 atom stereocenters. The summed E-state index contributed by atoms with van der Waals surface area (Å²) in [5, 5.41) is 3.24. The number of nitrogens with one attached hydrogen (secondary N) is 1. The van der Waals surface area contributed by atoms with E-state index in [1.54, 1.807) is 12.1 Å². The van der Waals surface area contributed by atoms with Crippen LogP contribution >= 0.6 is 0 Å². The van der Waals surface area contributed by atoms with Crippen LogP contribution in [0, 0.1) is 18.7 Å². The SMILES string of the molecule is CNCC1CCN(Cc2ccc(F)cc2C)C1. The van der Waals surface area contributed by atoms with Gasteiger partial charge in [-0.3, -0.25) is 4.90 Å². The predicted octanol–water partition coefficient (Wildman–Crippen LogP) is 2.18. The number of nitrogens with zero attached hydrogens (tertiary/aromatic N) is 1. The lowest BCUT2D eigenvalue weighted by Crippen LogP contribution is -2.24. The zero-order valence-electron chi connectivity index (χ0n) is 10.7. The Labute approximate surface area is 103 Å². The number of hydrogen-bond donors (Lipinski definition) is 1. The fourth-order valence-electron chi connectivity index (χ4n) is 2.59. The van der Waals surface area contributed by atoms with Crippen molar-refractivity contribution in [3.8, 4) is 0 Å². The minimum Gasteiger partial charge on any atom is -0.319 e. The molecule has 0 radical (unpaired) electrons. The van der Waals surface area contributed by atoms with Crippen molar-refractivity contribution >= 4 is 0 Å². The Morgan fingerprint density at radius 3 is 3.00 bits per heavy atom. The summed E-state index contributed by atoms with van der Waals surface area (Å²) in [6, 6.07) is 5.09. The van der Waals surface area contributed by atoms with Crippen LogP contribution in [0.3, 0.4) is 0 Å². The summed E-state index contributed by atoms with van der Waals surface area (Å²) in [6.45, 7) is 6.34. The third kappa shape index (κ3) is 3.27. The van der Waals surface area contributed by atoms with E-state index in [1.165, 1.54) is 12.0 Å². The summed E-state index contributed by atoms with van der Waals surface area (Å²) >= 11 is 0. The molecule has 1 saturated heterocycles. The van der Waals surface area contributed by atoms with Gasteiger partial charge in [0, 0.05) is 13.1 Å². The van der Waals surface area contributed by atoms with Crippen LogP contribution in [0.15, 0.2) is 18.2 Å². The minimum atomic E-state index is -0.138. The number of aryl methyl sites for hydroxylation is 1. The fraction of sp³-hybridized carbons (Fsp3) is 0.571. The number of benzene rings is 1. The van der Waals surface area contributed by atoms with E-state index < -0.39 is 0 Å². The summed E-state index contributed by atoms with van der Waals surface area (Å²) < 4.78 is 13.0. The Kier molecular flexibility index (Phi) is 4.13. The summed E-state index contributed by atoms with van der Waals surface area (Å²) in [5.41, 5.74) is 2.30. The van der Waals surface area contributed by atoms with Crippen molar-refractivity contribution in [3.05, 3.63) is 35.1 Å². The van der Waals surface area contributed by atoms with Crippen LogP contribution in [-0.4, -0.2) is 31.6 Å². The maximum absolute atomic E-state index is 13.0. The average Bonchev–Trinajstić information content (AvgIpc) is 2.71.